The number of benzene rings is 1. The molecule has 0 aliphatic carbocycles. The first-order valence-electron chi connectivity index (χ1n) is 17.6. The molecular formula is C34H48N8O6S. The van der Waals surface area contributed by atoms with Crippen LogP contribution in [0.4, 0.5) is 0 Å². The molecule has 8 rings (SSSR count). The fraction of sp³-hybridized carbons (Fsp3) is 0.676. The molecule has 0 unspecified atom stereocenters. The lowest BCUT2D eigenvalue weighted by atomic mass is 9.83. The first-order valence-corrected chi connectivity index (χ1v) is 19.5. The van der Waals surface area contributed by atoms with Crippen LogP contribution in [0.5, 0.6) is 0 Å². The number of carbonyl (C=O) groups is 3. The summed E-state index contributed by atoms with van der Waals surface area (Å²) in [4.78, 5) is 51.4. The Kier molecular flexibility index (Phi) is 9.54. The number of nitrogens with one attached hydrogen (secondary N) is 1. The normalized spacial score (nSPS) is 27.4. The Morgan fingerprint density at radius 2 is 1.69 bits per heavy atom. The second-order valence-corrected chi connectivity index (χ2v) is 16.7. The minimum atomic E-state index is -3.27. The Bertz CT molecular complexity index is 1650. The zero-order valence-electron chi connectivity index (χ0n) is 28.5. The van der Waals surface area contributed by atoms with E-state index >= 15 is 0 Å². The van der Waals surface area contributed by atoms with Gasteiger partial charge >= 0.3 is 0 Å². The molecule has 6 aliphatic heterocycles. The van der Waals surface area contributed by atoms with E-state index < -0.39 is 21.4 Å². The van der Waals surface area contributed by atoms with E-state index in [2.05, 4.69) is 25.4 Å². The summed E-state index contributed by atoms with van der Waals surface area (Å²) in [5, 5.41) is 12.0. The molecule has 6 fully saturated rings. The van der Waals surface area contributed by atoms with E-state index in [1.807, 2.05) is 23.2 Å². The first-order chi connectivity index (χ1) is 23.5. The minimum absolute atomic E-state index is 0.00337. The summed E-state index contributed by atoms with van der Waals surface area (Å²) in [5.74, 6) is -0.121. The van der Waals surface area contributed by atoms with Crippen molar-refractivity contribution in [2.45, 2.75) is 99.1 Å². The molecule has 1 aromatic carbocycles. The zero-order valence-corrected chi connectivity index (χ0v) is 29.3. The van der Waals surface area contributed by atoms with Crippen molar-refractivity contribution in [3.8, 4) is 0 Å². The average molecular weight is 697 g/mol. The van der Waals surface area contributed by atoms with Gasteiger partial charge in [-0.05, 0) is 62.8 Å². The van der Waals surface area contributed by atoms with Gasteiger partial charge in [0, 0.05) is 65.1 Å². The SMILES string of the molecule is COCc1cn([C@H]2C[C@H]3C(=O)N4CCC(CC4)N4CCC[C@H]4C(=O)NC4(CCN(Cc5ccc(S(C)(=O)=O)cc5)CC4)CC(=O)N3C2)nn1. The summed E-state index contributed by atoms with van der Waals surface area (Å²) < 4.78 is 30.8. The van der Waals surface area contributed by atoms with Gasteiger partial charge in [-0.2, -0.15) is 0 Å². The van der Waals surface area contributed by atoms with Crippen molar-refractivity contribution in [2.24, 2.45) is 0 Å². The molecule has 1 N–H and O–H groups in total. The number of carbonyl (C=O) groups excluding carboxylic acids is 3. The minimum Gasteiger partial charge on any atom is -0.378 e. The largest absolute Gasteiger partial charge is 0.378 e. The second-order valence-electron chi connectivity index (χ2n) is 14.7. The van der Waals surface area contributed by atoms with Crippen LogP contribution in [-0.4, -0.2) is 137 Å². The third-order valence-electron chi connectivity index (χ3n) is 11.4. The van der Waals surface area contributed by atoms with Crippen LogP contribution in [0, 0.1) is 0 Å². The van der Waals surface area contributed by atoms with E-state index in [9.17, 15) is 22.8 Å². The molecule has 49 heavy (non-hydrogen) atoms. The number of rotatable bonds is 6. The molecule has 7 heterocycles. The van der Waals surface area contributed by atoms with E-state index in [0.29, 0.717) is 75.7 Å². The maximum absolute atomic E-state index is 14.5. The summed E-state index contributed by atoms with van der Waals surface area (Å²) in [7, 11) is -1.67. The molecule has 3 atom stereocenters. The summed E-state index contributed by atoms with van der Waals surface area (Å²) in [5.41, 5.74) is 0.954. The van der Waals surface area contributed by atoms with Gasteiger partial charge < -0.3 is 19.9 Å². The highest BCUT2D eigenvalue weighted by molar-refractivity contribution is 7.90. The molecule has 15 heteroatoms. The fourth-order valence-electron chi connectivity index (χ4n) is 8.68. The van der Waals surface area contributed by atoms with Crippen LogP contribution in [0.3, 0.4) is 0 Å². The van der Waals surface area contributed by atoms with E-state index in [1.165, 1.54) is 6.26 Å². The van der Waals surface area contributed by atoms with Gasteiger partial charge in [-0.15, -0.1) is 5.10 Å². The number of hydrogen-bond acceptors (Lipinski definition) is 10. The Labute approximate surface area is 288 Å². The maximum atomic E-state index is 14.5. The van der Waals surface area contributed by atoms with E-state index in [4.69, 9.17) is 4.74 Å². The molecule has 266 valence electrons. The van der Waals surface area contributed by atoms with Crippen molar-refractivity contribution in [1.29, 1.82) is 0 Å². The number of amides is 3. The van der Waals surface area contributed by atoms with Crippen molar-refractivity contribution < 1.29 is 27.5 Å². The van der Waals surface area contributed by atoms with Crippen LogP contribution in [0.1, 0.15) is 68.7 Å². The van der Waals surface area contributed by atoms with Crippen LogP contribution in [0.15, 0.2) is 35.4 Å². The topological polar surface area (TPSA) is 150 Å². The Balaban J connectivity index is 1.14. The highest BCUT2D eigenvalue weighted by atomic mass is 32.2. The standard InChI is InChI=1S/C34H48N8O6S/c1-48-23-25-21-42(37-36-25)27-18-30-33(45)39-14-9-26(10-15-39)40-13-3-4-29(40)32(44)35-34(19-31(43)41(30)22-27)11-16-38(17-12-34)20-24-5-7-28(8-6-24)49(2,46)47/h5-8,21,26-27,29-30H,3-4,9-20,22-23H2,1-2H3,(H,35,44)/t27-,29-,30-/m0/s1. The lowest BCUT2D eigenvalue weighted by Gasteiger charge is -2.45. The number of methoxy groups -OCH3 is 1. The Morgan fingerprint density at radius 1 is 0.959 bits per heavy atom. The summed E-state index contributed by atoms with van der Waals surface area (Å²) in [6, 6.07) is 6.20. The molecule has 1 aromatic heterocycles. The molecule has 3 amide bonds. The molecule has 0 saturated carbocycles. The third-order valence-corrected chi connectivity index (χ3v) is 12.5. The van der Waals surface area contributed by atoms with E-state index in [0.717, 1.165) is 37.8 Å². The monoisotopic (exact) mass is 696 g/mol. The predicted octanol–water partition coefficient (Wildman–Crippen LogP) is 0.980. The van der Waals surface area contributed by atoms with Crippen molar-refractivity contribution in [2.75, 3.05) is 52.6 Å². The predicted molar refractivity (Wildman–Crippen MR) is 179 cm³/mol. The molecule has 6 saturated heterocycles. The van der Waals surface area contributed by atoms with Crippen LogP contribution in [-0.2, 0) is 42.1 Å². The van der Waals surface area contributed by atoms with Crippen LogP contribution in [0.25, 0.3) is 0 Å². The number of likely N-dealkylation sites (tertiary alicyclic amines) is 1. The molecule has 6 aliphatic rings. The lowest BCUT2D eigenvalue weighted by Crippen LogP contribution is -2.62. The van der Waals surface area contributed by atoms with E-state index in [1.54, 1.807) is 28.8 Å². The maximum Gasteiger partial charge on any atom is 0.245 e. The number of sulfone groups is 1. The molecule has 1 spiro atoms. The van der Waals surface area contributed by atoms with Gasteiger partial charge in [0.15, 0.2) is 9.84 Å². The van der Waals surface area contributed by atoms with Gasteiger partial charge in [0.2, 0.25) is 17.7 Å². The summed E-state index contributed by atoms with van der Waals surface area (Å²) >= 11 is 0. The number of ether oxygens (including phenoxy) is 1. The van der Waals surface area contributed by atoms with Gasteiger partial charge in [0.1, 0.15) is 11.7 Å². The zero-order chi connectivity index (χ0) is 34.3. The highest BCUT2D eigenvalue weighted by Crippen LogP contribution is 2.35. The smallest absolute Gasteiger partial charge is 0.245 e. The van der Waals surface area contributed by atoms with Gasteiger partial charge in [-0.3, -0.25) is 24.2 Å². The Hall–Kier alpha value is -3.40. The van der Waals surface area contributed by atoms with Crippen molar-refractivity contribution in [3.05, 3.63) is 41.7 Å². The van der Waals surface area contributed by atoms with Gasteiger partial charge in [-0.25, -0.2) is 13.1 Å². The van der Waals surface area contributed by atoms with Gasteiger partial charge in [0.25, 0.3) is 0 Å². The van der Waals surface area contributed by atoms with Crippen molar-refractivity contribution in [3.63, 3.8) is 0 Å². The number of piperidine rings is 2. The van der Waals surface area contributed by atoms with Crippen LogP contribution >= 0.6 is 0 Å². The molecule has 2 aromatic rings. The quantitative estimate of drug-likeness (QED) is 0.463. The fourth-order valence-corrected chi connectivity index (χ4v) is 9.31. The molecule has 0 radical (unpaired) electrons. The van der Waals surface area contributed by atoms with Crippen molar-refractivity contribution >= 4 is 27.6 Å². The summed E-state index contributed by atoms with van der Waals surface area (Å²) in [6.45, 7) is 4.76. The molecule has 2 bridgehead atoms. The van der Waals surface area contributed by atoms with Gasteiger partial charge in [-0.1, -0.05) is 17.3 Å². The van der Waals surface area contributed by atoms with Crippen LogP contribution < -0.4 is 5.32 Å². The number of nitrogens with zero attached hydrogens (tertiary/aromatic N) is 7. The van der Waals surface area contributed by atoms with E-state index in [-0.39, 0.29) is 42.3 Å². The number of hydrogen-bond donors (Lipinski definition) is 1. The van der Waals surface area contributed by atoms with Crippen molar-refractivity contribution in [1.82, 2.24) is 39.9 Å². The van der Waals surface area contributed by atoms with Crippen LogP contribution in [0.2, 0.25) is 0 Å². The summed E-state index contributed by atoms with van der Waals surface area (Å²) in [6.07, 6.45) is 8.17. The first kappa shape index (κ1) is 34.1. The number of fused-ring (bicyclic) bond motifs is 4. The number of aromatic nitrogens is 3. The second kappa shape index (κ2) is 13.7. The third kappa shape index (κ3) is 7.12. The molecule has 14 nitrogen and oxygen atoms in total. The highest BCUT2D eigenvalue weighted by Gasteiger charge is 2.48. The average Bonchev–Trinajstić information content (AvgIpc) is 3.86. The Morgan fingerprint density at radius 3 is 2.39 bits per heavy atom. The molecular weight excluding hydrogens is 648 g/mol. The lowest BCUT2D eigenvalue weighted by molar-refractivity contribution is -0.147. The van der Waals surface area contributed by atoms with Gasteiger partial charge in [0.05, 0.1) is 41.7 Å².